The van der Waals surface area contributed by atoms with Crippen molar-refractivity contribution < 1.29 is 33.8 Å². The molecule has 0 aliphatic carbocycles. The van der Waals surface area contributed by atoms with Crippen LogP contribution in [0.25, 0.3) is 0 Å². The van der Waals surface area contributed by atoms with Crippen LogP contribution in [0.5, 0.6) is 0 Å². The predicted molar refractivity (Wildman–Crippen MR) is 107 cm³/mol. The second kappa shape index (κ2) is 21.0. The number of phosphoric acid groups is 1. The van der Waals surface area contributed by atoms with Crippen LogP contribution in [-0.2, 0) is 18.6 Å². The zero-order valence-corrected chi connectivity index (χ0v) is 18.6. The molecule has 0 heterocycles. The molecule has 0 aliphatic heterocycles. The second-order valence-electron chi connectivity index (χ2n) is 7.03. The highest BCUT2D eigenvalue weighted by molar-refractivity contribution is 7.45. The summed E-state index contributed by atoms with van der Waals surface area (Å²) in [5, 5.41) is 17.5. The Morgan fingerprint density at radius 3 is 1.50 bits per heavy atom. The van der Waals surface area contributed by atoms with Crippen LogP contribution in [0.2, 0.25) is 0 Å². The number of hydrogen-bond acceptors (Lipinski definition) is 7. The molecule has 0 spiro atoms. The molecule has 0 rings (SSSR count). The van der Waals surface area contributed by atoms with Gasteiger partial charge in [0.15, 0.2) is 0 Å². The fraction of sp³-hybridized carbons (Fsp3) is 0.850. The molecule has 0 fully saturated rings. The van der Waals surface area contributed by atoms with E-state index in [1.807, 2.05) is 0 Å². The largest absolute Gasteiger partial charge is 0.754 e. The molecule has 0 bridgehead atoms. The number of carbonyl (C=O) groups is 1. The summed E-state index contributed by atoms with van der Waals surface area (Å²) in [5.41, 5.74) is 0.0648. The highest BCUT2D eigenvalue weighted by Crippen LogP contribution is 2.36. The highest BCUT2D eigenvalue weighted by atomic mass is 31.2. The van der Waals surface area contributed by atoms with Gasteiger partial charge < -0.3 is 19.3 Å². The molecule has 8 heteroatoms. The first kappa shape index (κ1) is 29.5. The van der Waals surface area contributed by atoms with Crippen molar-refractivity contribution >= 4 is 13.8 Å². The van der Waals surface area contributed by atoms with Crippen molar-refractivity contribution in [3.05, 3.63) is 12.2 Å². The Kier molecular flexibility index (Phi) is 22.1. The van der Waals surface area contributed by atoms with E-state index in [-0.39, 0.29) is 12.2 Å². The normalized spacial score (nSPS) is 12.7. The third-order valence-corrected chi connectivity index (χ3v) is 4.89. The fourth-order valence-electron chi connectivity index (χ4n) is 2.50. The van der Waals surface area contributed by atoms with Crippen molar-refractivity contribution in [1.82, 2.24) is 0 Å². The number of aliphatic carboxylic acids is 1. The van der Waals surface area contributed by atoms with Gasteiger partial charge in [0.1, 0.15) is 0 Å². The topological polar surface area (TPSA) is 119 Å². The SMILES string of the molecule is C=C(C)C(=O)[O-].CCCCCCCCCCCCCCCCOP(=O)([O-])OO. The number of phosphoric ester groups is 1. The van der Waals surface area contributed by atoms with E-state index in [9.17, 15) is 19.4 Å². The summed E-state index contributed by atoms with van der Waals surface area (Å²) in [6.07, 6.45) is 17.4. The van der Waals surface area contributed by atoms with E-state index in [0.717, 1.165) is 12.8 Å². The molecular formula is C20H39O7P-2. The first-order valence-corrected chi connectivity index (χ1v) is 11.9. The Morgan fingerprint density at radius 1 is 0.893 bits per heavy atom. The van der Waals surface area contributed by atoms with E-state index >= 15 is 0 Å². The molecule has 28 heavy (non-hydrogen) atoms. The molecule has 0 amide bonds. The molecule has 1 N–H and O–H groups in total. The Morgan fingerprint density at radius 2 is 1.21 bits per heavy atom. The maximum atomic E-state index is 10.7. The average molecular weight is 422 g/mol. The van der Waals surface area contributed by atoms with E-state index < -0.39 is 13.8 Å². The van der Waals surface area contributed by atoms with E-state index in [2.05, 4.69) is 22.7 Å². The van der Waals surface area contributed by atoms with Crippen molar-refractivity contribution in [2.45, 2.75) is 104 Å². The van der Waals surface area contributed by atoms with Crippen molar-refractivity contribution in [1.29, 1.82) is 0 Å². The minimum atomic E-state index is -4.45. The Hall–Kier alpha value is -0.720. The van der Waals surface area contributed by atoms with Crippen LogP contribution >= 0.6 is 7.82 Å². The van der Waals surface area contributed by atoms with Gasteiger partial charge in [0, 0.05) is 0 Å². The highest BCUT2D eigenvalue weighted by Gasteiger charge is 2.06. The van der Waals surface area contributed by atoms with Crippen LogP contribution in [-0.4, -0.2) is 17.8 Å². The third-order valence-electron chi connectivity index (χ3n) is 4.20. The molecule has 0 saturated carbocycles. The predicted octanol–water partition coefficient (Wildman–Crippen LogP) is 4.75. The quantitative estimate of drug-likeness (QED) is 0.111. The molecule has 0 aromatic rings. The van der Waals surface area contributed by atoms with Gasteiger partial charge >= 0.3 is 0 Å². The molecular weight excluding hydrogens is 383 g/mol. The van der Waals surface area contributed by atoms with Crippen LogP contribution in [0.1, 0.15) is 104 Å². The molecule has 0 aliphatic rings. The van der Waals surface area contributed by atoms with Gasteiger partial charge in [-0.2, -0.15) is 4.67 Å². The van der Waals surface area contributed by atoms with Gasteiger partial charge in [-0.25, -0.2) is 5.26 Å². The smallest absolute Gasteiger partial charge is 0.297 e. The maximum Gasteiger partial charge on any atom is 0.297 e. The summed E-state index contributed by atoms with van der Waals surface area (Å²) in [6, 6.07) is 0. The number of carboxylic acid groups (broad SMARTS) is 1. The van der Waals surface area contributed by atoms with Gasteiger partial charge in [-0.05, 0) is 18.9 Å². The molecule has 0 aromatic carbocycles. The lowest BCUT2D eigenvalue weighted by atomic mass is 10.0. The number of rotatable bonds is 18. The van der Waals surface area contributed by atoms with E-state index in [1.54, 1.807) is 0 Å². The Labute approximate surface area is 170 Å². The minimum absolute atomic E-state index is 0.0648. The number of carboxylic acids is 1. The lowest BCUT2D eigenvalue weighted by molar-refractivity contribution is -0.299. The zero-order valence-electron chi connectivity index (χ0n) is 17.7. The molecule has 7 nitrogen and oxygen atoms in total. The van der Waals surface area contributed by atoms with Gasteiger partial charge in [0.05, 0.1) is 12.6 Å². The Bertz CT molecular complexity index is 415. The maximum absolute atomic E-state index is 10.7. The Balaban J connectivity index is 0. The lowest BCUT2D eigenvalue weighted by Gasteiger charge is -2.17. The van der Waals surface area contributed by atoms with Gasteiger partial charge in [0.2, 0.25) is 0 Å². The van der Waals surface area contributed by atoms with Crippen LogP contribution in [0, 0.1) is 0 Å². The molecule has 168 valence electrons. The summed E-state index contributed by atoms with van der Waals surface area (Å²) in [7, 11) is -4.45. The van der Waals surface area contributed by atoms with Crippen LogP contribution < -0.4 is 10.00 Å². The number of carbonyl (C=O) groups excluding carboxylic acids is 1. The van der Waals surface area contributed by atoms with Crippen molar-refractivity contribution in [2.24, 2.45) is 0 Å². The summed E-state index contributed by atoms with van der Waals surface area (Å²) in [4.78, 5) is 20.2. The first-order chi connectivity index (χ1) is 13.3. The minimum Gasteiger partial charge on any atom is -0.754 e. The van der Waals surface area contributed by atoms with E-state index in [1.165, 1.54) is 77.6 Å². The molecule has 1 unspecified atom stereocenters. The van der Waals surface area contributed by atoms with Gasteiger partial charge in [0.25, 0.3) is 7.82 Å². The van der Waals surface area contributed by atoms with E-state index in [0.29, 0.717) is 6.42 Å². The third kappa shape index (κ3) is 25.3. The van der Waals surface area contributed by atoms with Crippen molar-refractivity contribution in [3.8, 4) is 0 Å². The van der Waals surface area contributed by atoms with Crippen molar-refractivity contribution in [2.75, 3.05) is 6.61 Å². The van der Waals surface area contributed by atoms with Crippen LogP contribution in [0.15, 0.2) is 12.2 Å². The fourth-order valence-corrected chi connectivity index (χ4v) is 2.90. The average Bonchev–Trinajstić information content (AvgIpc) is 2.65. The first-order valence-electron chi connectivity index (χ1n) is 10.4. The standard InChI is InChI=1S/C16H35O5P.C4H6O2/c1-2-3-4-5-6-7-8-9-10-11-12-13-14-15-16-20-22(18,19)21-17;1-3(2)4(5)6/h17H,2-16H2,1H3,(H,18,19);1H2,2H3,(H,5,6)/p-2. The van der Waals surface area contributed by atoms with Crippen LogP contribution in [0.4, 0.5) is 0 Å². The lowest BCUT2D eigenvalue weighted by Crippen LogP contribution is -2.22. The summed E-state index contributed by atoms with van der Waals surface area (Å²) in [6.45, 7) is 6.81. The van der Waals surface area contributed by atoms with Crippen LogP contribution in [0.3, 0.4) is 0 Å². The molecule has 0 aromatic heterocycles. The monoisotopic (exact) mass is 422 g/mol. The summed E-state index contributed by atoms with van der Waals surface area (Å²) >= 11 is 0. The number of hydrogen-bond donors (Lipinski definition) is 1. The van der Waals surface area contributed by atoms with Crippen molar-refractivity contribution in [3.63, 3.8) is 0 Å². The number of unbranched alkanes of at least 4 members (excludes halogenated alkanes) is 13. The zero-order chi connectivity index (χ0) is 21.7. The molecule has 0 radical (unpaired) electrons. The van der Waals surface area contributed by atoms with Gasteiger partial charge in [-0.3, -0.25) is 4.57 Å². The van der Waals surface area contributed by atoms with Gasteiger partial charge in [-0.15, -0.1) is 0 Å². The van der Waals surface area contributed by atoms with Gasteiger partial charge in [-0.1, -0.05) is 97.0 Å². The summed E-state index contributed by atoms with van der Waals surface area (Å²) < 4.78 is 18.3. The molecule has 1 atom stereocenters. The molecule has 0 saturated heterocycles. The van der Waals surface area contributed by atoms with E-state index in [4.69, 9.17) is 5.26 Å². The summed E-state index contributed by atoms with van der Waals surface area (Å²) in [5.74, 6) is -1.19. The second-order valence-corrected chi connectivity index (χ2v) is 8.34.